The molecule has 0 aliphatic carbocycles. The van der Waals surface area contributed by atoms with Crippen molar-refractivity contribution < 1.29 is 9.47 Å². The van der Waals surface area contributed by atoms with Crippen molar-refractivity contribution in [3.63, 3.8) is 0 Å². The Morgan fingerprint density at radius 3 is 2.04 bits per heavy atom. The molecule has 0 aromatic heterocycles. The third kappa shape index (κ3) is 5.42. The van der Waals surface area contributed by atoms with E-state index in [1.165, 1.54) is 41.5 Å². The maximum absolute atomic E-state index is 5.89. The summed E-state index contributed by atoms with van der Waals surface area (Å²) in [5.41, 5.74) is 5.18. The lowest BCUT2D eigenvalue weighted by molar-refractivity contribution is -0.203. The maximum Gasteiger partial charge on any atom is 0.157 e. The third-order valence-corrected chi connectivity index (χ3v) is 5.01. The maximum atomic E-state index is 5.89. The van der Waals surface area contributed by atoms with Gasteiger partial charge in [-0.2, -0.15) is 0 Å². The standard InChI is InChI=1S/C23H30O2/c1-3-4-5-20-16-24-23(25-17-20)15-10-19-8-13-22(14-9-19)21-11-6-18(2)7-12-21/h6-9,11-14,20,23H,3-5,10,15-17H2,1-2H3. The molecule has 0 saturated carbocycles. The summed E-state index contributed by atoms with van der Waals surface area (Å²) in [7, 11) is 0. The Morgan fingerprint density at radius 2 is 1.44 bits per heavy atom. The normalized spacial score (nSPS) is 20.6. The summed E-state index contributed by atoms with van der Waals surface area (Å²) in [5.74, 6) is 0.588. The Balaban J connectivity index is 1.45. The van der Waals surface area contributed by atoms with Crippen LogP contribution in [0, 0.1) is 12.8 Å². The van der Waals surface area contributed by atoms with E-state index in [0.29, 0.717) is 5.92 Å². The molecule has 2 nitrogen and oxygen atoms in total. The molecule has 2 heteroatoms. The van der Waals surface area contributed by atoms with Crippen molar-refractivity contribution >= 4 is 0 Å². The lowest BCUT2D eigenvalue weighted by Gasteiger charge is -2.29. The summed E-state index contributed by atoms with van der Waals surface area (Å²) in [6.45, 7) is 6.07. The number of unbranched alkanes of at least 4 members (excludes halogenated alkanes) is 1. The summed E-state index contributed by atoms with van der Waals surface area (Å²) in [5, 5.41) is 0. The molecule has 0 radical (unpaired) electrons. The zero-order valence-corrected chi connectivity index (χ0v) is 15.5. The van der Waals surface area contributed by atoms with Crippen LogP contribution in [-0.4, -0.2) is 19.5 Å². The first-order chi connectivity index (χ1) is 12.2. The van der Waals surface area contributed by atoms with Gasteiger partial charge in [0.15, 0.2) is 6.29 Å². The van der Waals surface area contributed by atoms with Crippen LogP contribution in [0.2, 0.25) is 0 Å². The molecule has 0 bridgehead atoms. The van der Waals surface area contributed by atoms with Crippen molar-refractivity contribution in [2.45, 2.75) is 52.2 Å². The van der Waals surface area contributed by atoms with E-state index in [2.05, 4.69) is 62.4 Å². The van der Waals surface area contributed by atoms with E-state index in [1.807, 2.05) is 0 Å². The lowest BCUT2D eigenvalue weighted by Crippen LogP contribution is -2.32. The molecule has 134 valence electrons. The van der Waals surface area contributed by atoms with Crippen LogP contribution < -0.4 is 0 Å². The minimum Gasteiger partial charge on any atom is -0.352 e. The second kappa shape index (κ2) is 9.17. The number of ether oxygens (including phenoxy) is 2. The second-order valence-corrected chi connectivity index (χ2v) is 7.21. The molecule has 1 heterocycles. The highest BCUT2D eigenvalue weighted by Gasteiger charge is 2.21. The van der Waals surface area contributed by atoms with Crippen LogP contribution in [0.3, 0.4) is 0 Å². The number of aryl methyl sites for hydroxylation is 2. The monoisotopic (exact) mass is 338 g/mol. The van der Waals surface area contributed by atoms with E-state index >= 15 is 0 Å². The quantitative estimate of drug-likeness (QED) is 0.637. The first-order valence-corrected chi connectivity index (χ1v) is 9.64. The van der Waals surface area contributed by atoms with Gasteiger partial charge < -0.3 is 9.47 Å². The van der Waals surface area contributed by atoms with Crippen molar-refractivity contribution in [1.82, 2.24) is 0 Å². The highest BCUT2D eigenvalue weighted by atomic mass is 16.7. The van der Waals surface area contributed by atoms with Crippen molar-refractivity contribution in [3.8, 4) is 11.1 Å². The molecule has 1 aliphatic heterocycles. The predicted molar refractivity (Wildman–Crippen MR) is 104 cm³/mol. The molecule has 1 fully saturated rings. The Labute approximate surface area is 152 Å². The first kappa shape index (κ1) is 18.2. The van der Waals surface area contributed by atoms with Crippen LogP contribution >= 0.6 is 0 Å². The Kier molecular flexibility index (Phi) is 6.66. The number of benzene rings is 2. The van der Waals surface area contributed by atoms with Gasteiger partial charge in [0.25, 0.3) is 0 Å². The first-order valence-electron chi connectivity index (χ1n) is 9.64. The Bertz CT molecular complexity index is 622. The lowest BCUT2D eigenvalue weighted by atomic mass is 10.0. The molecule has 3 rings (SSSR count). The number of hydrogen-bond acceptors (Lipinski definition) is 2. The van der Waals surface area contributed by atoms with E-state index < -0.39 is 0 Å². The zero-order chi connectivity index (χ0) is 17.5. The van der Waals surface area contributed by atoms with Crippen LogP contribution in [-0.2, 0) is 15.9 Å². The fourth-order valence-corrected chi connectivity index (χ4v) is 3.30. The summed E-state index contributed by atoms with van der Waals surface area (Å²) in [6, 6.07) is 17.6. The predicted octanol–water partition coefficient (Wildman–Crippen LogP) is 5.77. The second-order valence-electron chi connectivity index (χ2n) is 7.21. The van der Waals surface area contributed by atoms with Gasteiger partial charge in [-0.1, -0.05) is 73.9 Å². The van der Waals surface area contributed by atoms with E-state index in [0.717, 1.165) is 26.1 Å². The fraction of sp³-hybridized carbons (Fsp3) is 0.478. The minimum atomic E-state index is -0.0327. The Morgan fingerprint density at radius 1 is 0.840 bits per heavy atom. The van der Waals surface area contributed by atoms with E-state index in [-0.39, 0.29) is 6.29 Å². The van der Waals surface area contributed by atoms with E-state index in [9.17, 15) is 0 Å². The van der Waals surface area contributed by atoms with Crippen LogP contribution in [0.25, 0.3) is 11.1 Å². The fourth-order valence-electron chi connectivity index (χ4n) is 3.30. The third-order valence-electron chi connectivity index (χ3n) is 5.01. The molecule has 2 aromatic carbocycles. The van der Waals surface area contributed by atoms with Gasteiger partial charge in [0, 0.05) is 12.3 Å². The molecule has 0 unspecified atom stereocenters. The SMILES string of the molecule is CCCCC1COC(CCc2ccc(-c3ccc(C)cc3)cc2)OC1. The summed E-state index contributed by atoms with van der Waals surface area (Å²) >= 11 is 0. The molecule has 0 N–H and O–H groups in total. The van der Waals surface area contributed by atoms with Crippen molar-refractivity contribution in [3.05, 3.63) is 59.7 Å². The molecular weight excluding hydrogens is 308 g/mol. The van der Waals surface area contributed by atoms with Crippen molar-refractivity contribution in [1.29, 1.82) is 0 Å². The van der Waals surface area contributed by atoms with Crippen LogP contribution in [0.1, 0.15) is 43.7 Å². The average molecular weight is 338 g/mol. The minimum absolute atomic E-state index is 0.0327. The largest absolute Gasteiger partial charge is 0.352 e. The molecule has 1 saturated heterocycles. The van der Waals surface area contributed by atoms with Gasteiger partial charge in [-0.05, 0) is 36.5 Å². The molecule has 0 spiro atoms. The van der Waals surface area contributed by atoms with Gasteiger partial charge in [-0.15, -0.1) is 0 Å². The van der Waals surface area contributed by atoms with Crippen LogP contribution in [0.4, 0.5) is 0 Å². The van der Waals surface area contributed by atoms with Crippen molar-refractivity contribution in [2.24, 2.45) is 5.92 Å². The van der Waals surface area contributed by atoms with Gasteiger partial charge in [0.1, 0.15) is 0 Å². The van der Waals surface area contributed by atoms with Crippen molar-refractivity contribution in [2.75, 3.05) is 13.2 Å². The summed E-state index contributed by atoms with van der Waals surface area (Å²) in [6.07, 6.45) is 5.65. The number of rotatable bonds is 7. The van der Waals surface area contributed by atoms with Gasteiger partial charge >= 0.3 is 0 Å². The summed E-state index contributed by atoms with van der Waals surface area (Å²) < 4.78 is 11.8. The molecule has 2 aromatic rings. The molecule has 0 atom stereocenters. The molecular formula is C23H30O2. The summed E-state index contributed by atoms with van der Waals surface area (Å²) in [4.78, 5) is 0. The van der Waals surface area contributed by atoms with Crippen LogP contribution in [0.15, 0.2) is 48.5 Å². The van der Waals surface area contributed by atoms with Gasteiger partial charge in [0.2, 0.25) is 0 Å². The highest BCUT2D eigenvalue weighted by Crippen LogP contribution is 2.22. The zero-order valence-electron chi connectivity index (χ0n) is 15.5. The molecule has 1 aliphatic rings. The Hall–Kier alpha value is -1.64. The molecule has 0 amide bonds. The number of hydrogen-bond donors (Lipinski definition) is 0. The highest BCUT2D eigenvalue weighted by molar-refractivity contribution is 5.63. The van der Waals surface area contributed by atoms with Gasteiger partial charge in [-0.25, -0.2) is 0 Å². The van der Waals surface area contributed by atoms with E-state index in [1.54, 1.807) is 0 Å². The molecule has 25 heavy (non-hydrogen) atoms. The average Bonchev–Trinajstić information content (AvgIpc) is 2.67. The van der Waals surface area contributed by atoms with Gasteiger partial charge in [0.05, 0.1) is 13.2 Å². The van der Waals surface area contributed by atoms with Crippen LogP contribution in [0.5, 0.6) is 0 Å². The van der Waals surface area contributed by atoms with E-state index in [4.69, 9.17) is 9.47 Å². The topological polar surface area (TPSA) is 18.5 Å². The smallest absolute Gasteiger partial charge is 0.157 e. The van der Waals surface area contributed by atoms with Gasteiger partial charge in [-0.3, -0.25) is 0 Å².